The lowest BCUT2D eigenvalue weighted by Gasteiger charge is -2.01. The Kier molecular flexibility index (Phi) is 5.10. The molecule has 3 rings (SSSR count). The number of aromatic nitrogens is 2. The molecule has 0 aliphatic rings. The summed E-state index contributed by atoms with van der Waals surface area (Å²) in [6.45, 7) is 0. The highest BCUT2D eigenvalue weighted by atomic mass is 35.5. The van der Waals surface area contributed by atoms with Gasteiger partial charge in [0.1, 0.15) is 5.75 Å². The first-order valence-electron chi connectivity index (χ1n) is 6.70. The highest BCUT2D eigenvalue weighted by molar-refractivity contribution is 7.98. The summed E-state index contributed by atoms with van der Waals surface area (Å²) in [5.41, 5.74) is 1.85. The predicted octanol–water partition coefficient (Wildman–Crippen LogP) is 5.34. The molecule has 0 fully saturated rings. The van der Waals surface area contributed by atoms with Crippen LogP contribution in [0.25, 0.3) is 11.5 Å². The topological polar surface area (TPSA) is 48.2 Å². The SMILES string of the molecule is COc1cccc(-c2nnc(SCc3ccc(Cl)c(Cl)c3)o2)c1. The largest absolute Gasteiger partial charge is 0.497 e. The van der Waals surface area contributed by atoms with E-state index in [0.29, 0.717) is 26.9 Å². The normalized spacial score (nSPS) is 10.7. The number of rotatable bonds is 5. The molecule has 23 heavy (non-hydrogen) atoms. The first-order valence-corrected chi connectivity index (χ1v) is 8.44. The molecule has 1 heterocycles. The van der Waals surface area contributed by atoms with E-state index in [1.807, 2.05) is 36.4 Å². The first kappa shape index (κ1) is 16.2. The van der Waals surface area contributed by atoms with Gasteiger partial charge in [-0.3, -0.25) is 0 Å². The Bertz CT molecular complexity index is 823. The molecule has 118 valence electrons. The second-order valence-corrected chi connectivity index (χ2v) is 6.38. The molecule has 0 saturated carbocycles. The number of thioether (sulfide) groups is 1. The quantitative estimate of drug-likeness (QED) is 0.570. The van der Waals surface area contributed by atoms with E-state index in [1.54, 1.807) is 13.2 Å². The highest BCUT2D eigenvalue weighted by Gasteiger charge is 2.10. The van der Waals surface area contributed by atoms with Crippen molar-refractivity contribution >= 4 is 35.0 Å². The fourth-order valence-corrected chi connectivity index (χ4v) is 2.94. The third-order valence-electron chi connectivity index (χ3n) is 3.07. The lowest BCUT2D eigenvalue weighted by Crippen LogP contribution is -1.83. The zero-order valence-corrected chi connectivity index (χ0v) is 14.5. The standard InChI is InChI=1S/C16H12Cl2N2O2S/c1-21-12-4-2-3-11(8-12)15-19-20-16(22-15)23-9-10-5-6-13(17)14(18)7-10/h2-8H,9H2,1H3. The molecular formula is C16H12Cl2N2O2S. The minimum atomic E-state index is 0.459. The molecule has 0 aliphatic heterocycles. The van der Waals surface area contributed by atoms with Gasteiger partial charge in [-0.1, -0.05) is 47.1 Å². The third-order valence-corrected chi connectivity index (χ3v) is 4.70. The fraction of sp³-hybridized carbons (Fsp3) is 0.125. The van der Waals surface area contributed by atoms with Crippen molar-refractivity contribution in [2.75, 3.05) is 7.11 Å². The molecular weight excluding hydrogens is 355 g/mol. The Morgan fingerprint density at radius 1 is 1.09 bits per heavy atom. The van der Waals surface area contributed by atoms with Gasteiger partial charge in [0.25, 0.3) is 5.22 Å². The van der Waals surface area contributed by atoms with Gasteiger partial charge in [-0.25, -0.2) is 0 Å². The summed E-state index contributed by atoms with van der Waals surface area (Å²) in [7, 11) is 1.62. The summed E-state index contributed by atoms with van der Waals surface area (Å²) in [6.07, 6.45) is 0. The maximum atomic E-state index is 6.00. The van der Waals surface area contributed by atoms with Gasteiger partial charge in [0.2, 0.25) is 5.89 Å². The van der Waals surface area contributed by atoms with Crippen molar-refractivity contribution in [3.63, 3.8) is 0 Å². The predicted molar refractivity (Wildman–Crippen MR) is 92.3 cm³/mol. The van der Waals surface area contributed by atoms with Gasteiger partial charge in [0.15, 0.2) is 0 Å². The molecule has 4 nitrogen and oxygen atoms in total. The molecule has 0 amide bonds. The van der Waals surface area contributed by atoms with Gasteiger partial charge < -0.3 is 9.15 Å². The van der Waals surface area contributed by atoms with Gasteiger partial charge in [-0.15, -0.1) is 10.2 Å². The van der Waals surface area contributed by atoms with Crippen LogP contribution < -0.4 is 4.74 Å². The molecule has 0 saturated heterocycles. The van der Waals surface area contributed by atoms with E-state index in [0.717, 1.165) is 16.9 Å². The number of ether oxygens (including phenoxy) is 1. The van der Waals surface area contributed by atoms with Gasteiger partial charge in [0, 0.05) is 11.3 Å². The van der Waals surface area contributed by atoms with Crippen LogP contribution in [-0.2, 0) is 5.75 Å². The van der Waals surface area contributed by atoms with E-state index in [1.165, 1.54) is 11.8 Å². The van der Waals surface area contributed by atoms with Gasteiger partial charge in [0.05, 0.1) is 17.2 Å². The molecule has 2 aromatic carbocycles. The van der Waals surface area contributed by atoms with Crippen molar-refractivity contribution in [1.29, 1.82) is 0 Å². The van der Waals surface area contributed by atoms with Crippen molar-refractivity contribution in [1.82, 2.24) is 10.2 Å². The lowest BCUT2D eigenvalue weighted by atomic mass is 10.2. The van der Waals surface area contributed by atoms with Crippen LogP contribution in [0, 0.1) is 0 Å². The van der Waals surface area contributed by atoms with E-state index in [9.17, 15) is 0 Å². The van der Waals surface area contributed by atoms with Crippen molar-refractivity contribution in [2.24, 2.45) is 0 Å². The van der Waals surface area contributed by atoms with Crippen LogP contribution in [0.15, 0.2) is 52.1 Å². The minimum absolute atomic E-state index is 0.459. The van der Waals surface area contributed by atoms with Crippen LogP contribution in [0.3, 0.4) is 0 Å². The van der Waals surface area contributed by atoms with Crippen molar-refractivity contribution in [2.45, 2.75) is 11.0 Å². The second kappa shape index (κ2) is 7.25. The van der Waals surface area contributed by atoms with E-state index >= 15 is 0 Å². The smallest absolute Gasteiger partial charge is 0.277 e. The van der Waals surface area contributed by atoms with Crippen LogP contribution in [0.2, 0.25) is 10.0 Å². The number of halogens is 2. The van der Waals surface area contributed by atoms with Crippen molar-refractivity contribution < 1.29 is 9.15 Å². The third kappa shape index (κ3) is 3.99. The second-order valence-electron chi connectivity index (χ2n) is 4.64. The highest BCUT2D eigenvalue weighted by Crippen LogP contribution is 2.29. The average Bonchev–Trinajstić information content (AvgIpc) is 3.05. The Balaban J connectivity index is 1.70. The van der Waals surface area contributed by atoms with Crippen LogP contribution in [0.4, 0.5) is 0 Å². The lowest BCUT2D eigenvalue weighted by molar-refractivity contribution is 0.414. The van der Waals surface area contributed by atoms with Gasteiger partial charge in [-0.05, 0) is 35.9 Å². The zero-order chi connectivity index (χ0) is 16.2. The number of benzene rings is 2. The number of methoxy groups -OCH3 is 1. The zero-order valence-electron chi connectivity index (χ0n) is 12.1. The Morgan fingerprint density at radius 2 is 1.96 bits per heavy atom. The van der Waals surface area contributed by atoms with E-state index in [2.05, 4.69) is 10.2 Å². The number of hydrogen-bond donors (Lipinski definition) is 0. The summed E-state index contributed by atoms with van der Waals surface area (Å²) in [5.74, 6) is 1.86. The first-order chi connectivity index (χ1) is 11.2. The number of hydrogen-bond acceptors (Lipinski definition) is 5. The Morgan fingerprint density at radius 3 is 2.74 bits per heavy atom. The van der Waals surface area contributed by atoms with Crippen LogP contribution in [0.1, 0.15) is 5.56 Å². The monoisotopic (exact) mass is 366 g/mol. The van der Waals surface area contributed by atoms with Crippen LogP contribution in [0.5, 0.6) is 5.75 Å². The average molecular weight is 367 g/mol. The molecule has 1 aromatic heterocycles. The van der Waals surface area contributed by atoms with Crippen molar-refractivity contribution in [3.05, 3.63) is 58.1 Å². The van der Waals surface area contributed by atoms with Crippen LogP contribution in [-0.4, -0.2) is 17.3 Å². The Hall–Kier alpha value is -1.69. The summed E-state index contributed by atoms with van der Waals surface area (Å²) in [4.78, 5) is 0. The molecule has 0 N–H and O–H groups in total. The summed E-state index contributed by atoms with van der Waals surface area (Å²) in [5, 5.41) is 9.68. The minimum Gasteiger partial charge on any atom is -0.497 e. The van der Waals surface area contributed by atoms with Gasteiger partial charge >= 0.3 is 0 Å². The maximum absolute atomic E-state index is 6.00. The van der Waals surface area contributed by atoms with E-state index in [-0.39, 0.29) is 0 Å². The van der Waals surface area contributed by atoms with E-state index in [4.69, 9.17) is 32.4 Å². The van der Waals surface area contributed by atoms with Crippen molar-refractivity contribution in [3.8, 4) is 17.2 Å². The molecule has 3 aromatic rings. The summed E-state index contributed by atoms with van der Waals surface area (Å²) >= 11 is 13.3. The molecule has 0 aliphatic carbocycles. The summed E-state index contributed by atoms with van der Waals surface area (Å²) < 4.78 is 10.9. The molecule has 0 spiro atoms. The fourth-order valence-electron chi connectivity index (χ4n) is 1.92. The molecule has 0 atom stereocenters. The van der Waals surface area contributed by atoms with E-state index < -0.39 is 0 Å². The van der Waals surface area contributed by atoms with Crippen LogP contribution >= 0.6 is 35.0 Å². The summed E-state index contributed by atoms with van der Waals surface area (Å²) in [6, 6.07) is 13.0. The Labute approximate surface area is 147 Å². The molecule has 7 heteroatoms. The number of nitrogens with zero attached hydrogens (tertiary/aromatic N) is 2. The molecule has 0 bridgehead atoms. The molecule has 0 radical (unpaired) electrons. The van der Waals surface area contributed by atoms with Gasteiger partial charge in [-0.2, -0.15) is 0 Å². The molecule has 0 unspecified atom stereocenters. The maximum Gasteiger partial charge on any atom is 0.277 e.